The van der Waals surface area contributed by atoms with Crippen LogP contribution in [0.25, 0.3) is 0 Å². The molecule has 0 aliphatic carbocycles. The Morgan fingerprint density at radius 2 is 1.73 bits per heavy atom. The number of anilines is 2. The summed E-state index contributed by atoms with van der Waals surface area (Å²) in [7, 11) is 2.85. The predicted molar refractivity (Wildman–Crippen MR) is 133 cm³/mol. The third kappa shape index (κ3) is 6.30. The van der Waals surface area contributed by atoms with E-state index in [4.69, 9.17) is 9.47 Å². The van der Waals surface area contributed by atoms with Crippen LogP contribution < -0.4 is 14.5 Å². The minimum Gasteiger partial charge on any atom is -0.481 e. The molecule has 1 aliphatic heterocycles. The standard InChI is InChI=1S/C25H27F6N7O3/c1-5-17-12-19(21-18(7-8-20(32-21)40-4)38(17)23(39)41-6-2)37(22-33-35-36(3)34-22)13-14-9-15(24(26,27)28)11-16(10-14)25(29,30)31/h7-11,17,19H,5-6,12-13H2,1-4H3/t17-,19+/m1/s1. The van der Waals surface area contributed by atoms with Gasteiger partial charge in [-0.25, -0.2) is 9.78 Å². The Labute approximate surface area is 230 Å². The highest BCUT2D eigenvalue weighted by atomic mass is 19.4. The van der Waals surface area contributed by atoms with Crippen LogP contribution >= 0.6 is 0 Å². The minimum absolute atomic E-state index is 0.0570. The maximum atomic E-state index is 13.6. The molecule has 41 heavy (non-hydrogen) atoms. The van der Waals surface area contributed by atoms with Crippen LogP contribution in [0.15, 0.2) is 30.3 Å². The molecule has 0 unspecified atom stereocenters. The number of aromatic nitrogens is 5. The number of halogens is 6. The highest BCUT2D eigenvalue weighted by Gasteiger charge is 2.42. The molecule has 2 aromatic heterocycles. The summed E-state index contributed by atoms with van der Waals surface area (Å²) in [4.78, 5) is 21.5. The number of ether oxygens (including phenoxy) is 2. The zero-order valence-electron chi connectivity index (χ0n) is 22.5. The van der Waals surface area contributed by atoms with Gasteiger partial charge in [-0.3, -0.25) is 4.90 Å². The van der Waals surface area contributed by atoms with E-state index in [9.17, 15) is 31.1 Å². The molecule has 4 rings (SSSR count). The van der Waals surface area contributed by atoms with Crippen LogP contribution in [0.5, 0.6) is 5.88 Å². The van der Waals surface area contributed by atoms with Crippen molar-refractivity contribution in [3.8, 4) is 5.88 Å². The molecule has 1 aromatic carbocycles. The smallest absolute Gasteiger partial charge is 0.416 e. The lowest BCUT2D eigenvalue weighted by Gasteiger charge is -2.42. The fourth-order valence-corrected chi connectivity index (χ4v) is 4.76. The molecule has 10 nitrogen and oxygen atoms in total. The number of hydrogen-bond acceptors (Lipinski definition) is 8. The highest BCUT2D eigenvalue weighted by Crippen LogP contribution is 2.44. The van der Waals surface area contributed by atoms with Gasteiger partial charge in [-0.15, -0.1) is 5.10 Å². The first kappa shape index (κ1) is 29.9. The fourth-order valence-electron chi connectivity index (χ4n) is 4.76. The zero-order valence-corrected chi connectivity index (χ0v) is 22.5. The first-order valence-electron chi connectivity index (χ1n) is 12.6. The second kappa shape index (κ2) is 11.4. The fraction of sp³-hybridized carbons (Fsp3) is 0.480. The normalized spacial score (nSPS) is 17.3. The summed E-state index contributed by atoms with van der Waals surface area (Å²) in [5, 5.41) is 12.0. The Bertz CT molecular complexity index is 1360. The second-order valence-corrected chi connectivity index (χ2v) is 9.26. The number of carbonyl (C=O) groups excluding carboxylic acids is 1. The van der Waals surface area contributed by atoms with Crippen LogP contribution in [0.1, 0.15) is 55.1 Å². The summed E-state index contributed by atoms with van der Waals surface area (Å²) >= 11 is 0. The van der Waals surface area contributed by atoms with Gasteiger partial charge in [0, 0.05) is 18.7 Å². The molecule has 1 amide bonds. The van der Waals surface area contributed by atoms with Gasteiger partial charge in [0.1, 0.15) is 0 Å². The molecule has 1 aliphatic rings. The van der Waals surface area contributed by atoms with Crippen LogP contribution in [-0.2, 0) is 30.7 Å². The number of hydrogen-bond donors (Lipinski definition) is 0. The van der Waals surface area contributed by atoms with Crippen molar-refractivity contribution in [3.05, 3.63) is 52.7 Å². The number of amides is 1. The molecule has 222 valence electrons. The quantitative estimate of drug-likeness (QED) is 0.332. The number of carbonyl (C=O) groups is 1. The SMILES string of the molecule is CCOC(=O)N1c2ccc(OC)nc2[C@@H](N(Cc2cc(C(F)(F)F)cc(C(F)(F)F)c2)c2nnn(C)n2)C[C@H]1CC. The summed E-state index contributed by atoms with van der Waals surface area (Å²) in [6.07, 6.45) is -10.0. The van der Waals surface area contributed by atoms with Crippen molar-refractivity contribution < 1.29 is 40.6 Å². The predicted octanol–water partition coefficient (Wildman–Crippen LogP) is 5.54. The molecule has 0 spiro atoms. The third-order valence-corrected chi connectivity index (χ3v) is 6.59. The van der Waals surface area contributed by atoms with Crippen LogP contribution in [0.2, 0.25) is 0 Å². The number of tetrazole rings is 1. The van der Waals surface area contributed by atoms with E-state index in [1.807, 2.05) is 6.92 Å². The van der Waals surface area contributed by atoms with Gasteiger partial charge in [0.05, 0.1) is 49.3 Å². The lowest BCUT2D eigenvalue weighted by molar-refractivity contribution is -0.143. The Morgan fingerprint density at radius 3 is 2.24 bits per heavy atom. The Kier molecular flexibility index (Phi) is 8.31. The van der Waals surface area contributed by atoms with Crippen molar-refractivity contribution in [1.82, 2.24) is 25.2 Å². The summed E-state index contributed by atoms with van der Waals surface area (Å²) in [6, 6.07) is 3.25. The van der Waals surface area contributed by atoms with E-state index in [-0.39, 0.29) is 42.2 Å². The number of fused-ring (bicyclic) bond motifs is 1. The van der Waals surface area contributed by atoms with E-state index in [2.05, 4.69) is 20.4 Å². The molecule has 0 bridgehead atoms. The molecule has 0 fully saturated rings. The molecule has 0 N–H and O–H groups in total. The lowest BCUT2D eigenvalue weighted by atomic mass is 9.92. The first-order valence-corrected chi connectivity index (χ1v) is 12.6. The number of pyridine rings is 1. The van der Waals surface area contributed by atoms with E-state index in [0.717, 1.165) is 4.80 Å². The monoisotopic (exact) mass is 587 g/mol. The summed E-state index contributed by atoms with van der Waals surface area (Å²) in [6.45, 7) is 3.14. The molecule has 3 heterocycles. The molecule has 2 atom stereocenters. The highest BCUT2D eigenvalue weighted by molar-refractivity contribution is 5.90. The van der Waals surface area contributed by atoms with Gasteiger partial charge in [-0.2, -0.15) is 31.1 Å². The van der Waals surface area contributed by atoms with Crippen LogP contribution in [0.3, 0.4) is 0 Å². The van der Waals surface area contributed by atoms with Gasteiger partial charge >= 0.3 is 18.4 Å². The van der Waals surface area contributed by atoms with Gasteiger partial charge in [0.15, 0.2) is 0 Å². The minimum atomic E-state index is -5.02. The topological polar surface area (TPSA) is 98.5 Å². The van der Waals surface area contributed by atoms with E-state index < -0.39 is 48.2 Å². The third-order valence-electron chi connectivity index (χ3n) is 6.59. The van der Waals surface area contributed by atoms with Crippen molar-refractivity contribution in [2.75, 3.05) is 23.5 Å². The number of rotatable bonds is 7. The van der Waals surface area contributed by atoms with E-state index in [0.29, 0.717) is 24.2 Å². The molecular weight excluding hydrogens is 560 g/mol. The maximum absolute atomic E-state index is 13.6. The molecule has 0 radical (unpaired) electrons. The van der Waals surface area contributed by atoms with Crippen molar-refractivity contribution in [3.63, 3.8) is 0 Å². The van der Waals surface area contributed by atoms with Gasteiger partial charge in [0.25, 0.3) is 5.95 Å². The van der Waals surface area contributed by atoms with E-state index >= 15 is 0 Å². The van der Waals surface area contributed by atoms with E-state index in [1.54, 1.807) is 13.0 Å². The number of alkyl halides is 6. The van der Waals surface area contributed by atoms with Gasteiger partial charge in [0.2, 0.25) is 5.88 Å². The largest absolute Gasteiger partial charge is 0.481 e. The average Bonchev–Trinajstić information content (AvgIpc) is 3.35. The van der Waals surface area contributed by atoms with Crippen LogP contribution in [0.4, 0.5) is 42.8 Å². The Morgan fingerprint density at radius 1 is 1.07 bits per heavy atom. The summed E-state index contributed by atoms with van der Waals surface area (Å²) in [5.41, 5.74) is -2.56. The number of methoxy groups -OCH3 is 1. The van der Waals surface area contributed by atoms with Crippen molar-refractivity contribution in [1.29, 1.82) is 0 Å². The zero-order chi connectivity index (χ0) is 30.1. The molecule has 0 saturated heterocycles. The molecule has 16 heteroatoms. The average molecular weight is 588 g/mol. The number of nitrogens with zero attached hydrogens (tertiary/aromatic N) is 7. The Balaban J connectivity index is 1.89. The first-order chi connectivity index (χ1) is 19.3. The maximum Gasteiger partial charge on any atom is 0.416 e. The Hall–Kier alpha value is -4.11. The second-order valence-electron chi connectivity index (χ2n) is 9.26. The molecule has 3 aromatic rings. The molecular formula is C25H27F6N7O3. The van der Waals surface area contributed by atoms with Crippen molar-refractivity contribution in [2.45, 2.75) is 57.7 Å². The molecule has 0 saturated carbocycles. The van der Waals surface area contributed by atoms with Crippen LogP contribution in [-0.4, -0.2) is 51.0 Å². The van der Waals surface area contributed by atoms with Crippen LogP contribution in [0, 0.1) is 0 Å². The van der Waals surface area contributed by atoms with Gasteiger partial charge in [-0.1, -0.05) is 12.0 Å². The van der Waals surface area contributed by atoms with Gasteiger partial charge in [-0.05, 0) is 54.8 Å². The lowest BCUT2D eigenvalue weighted by Crippen LogP contribution is -2.48. The van der Waals surface area contributed by atoms with Gasteiger partial charge < -0.3 is 14.4 Å². The summed E-state index contributed by atoms with van der Waals surface area (Å²) in [5.74, 6) is 0.122. The van der Waals surface area contributed by atoms with Crippen molar-refractivity contribution >= 4 is 17.7 Å². The number of benzene rings is 1. The van der Waals surface area contributed by atoms with Crippen molar-refractivity contribution in [2.24, 2.45) is 7.05 Å². The van der Waals surface area contributed by atoms with E-state index in [1.165, 1.54) is 30.0 Å². The summed E-state index contributed by atoms with van der Waals surface area (Å²) < 4.78 is 92.3. The number of aryl methyl sites for hydroxylation is 1.